The Balaban J connectivity index is 1.80. The van der Waals surface area contributed by atoms with E-state index in [-0.39, 0.29) is 6.04 Å². The molecule has 0 saturated carbocycles. The molecule has 3 rings (SSSR count). The van der Waals surface area contributed by atoms with Crippen molar-refractivity contribution >= 4 is 23.4 Å². The average Bonchev–Trinajstić information content (AvgIpc) is 3.12. The summed E-state index contributed by atoms with van der Waals surface area (Å²) >= 11 is 7.78. The highest BCUT2D eigenvalue weighted by Crippen LogP contribution is 2.28. The Hall–Kier alpha value is -2.02. The van der Waals surface area contributed by atoms with Gasteiger partial charge in [-0.05, 0) is 69.4 Å². The number of aryl methyl sites for hydroxylation is 1. The summed E-state index contributed by atoms with van der Waals surface area (Å²) in [5.41, 5.74) is 2.29. The fraction of sp³-hybridized carbons (Fsp3) is 0.333. The Labute approximate surface area is 175 Å². The zero-order chi connectivity index (χ0) is 20.1. The lowest BCUT2D eigenvalue weighted by Gasteiger charge is -2.20. The minimum atomic E-state index is 0.138. The molecule has 0 amide bonds. The van der Waals surface area contributed by atoms with Crippen LogP contribution in [-0.4, -0.2) is 46.6 Å². The van der Waals surface area contributed by atoms with E-state index >= 15 is 0 Å². The smallest absolute Gasteiger partial charge is 0.195 e. The molecule has 1 aromatic heterocycles. The number of benzene rings is 2. The molecular formula is C21H25ClN4OS. The van der Waals surface area contributed by atoms with Crippen LogP contribution in [0.3, 0.4) is 0 Å². The van der Waals surface area contributed by atoms with Crippen molar-refractivity contribution in [3.8, 4) is 11.4 Å². The summed E-state index contributed by atoms with van der Waals surface area (Å²) in [6, 6.07) is 16.1. The van der Waals surface area contributed by atoms with Crippen LogP contribution in [0.2, 0.25) is 5.02 Å². The minimum absolute atomic E-state index is 0.138. The minimum Gasteiger partial charge on any atom is -0.497 e. The van der Waals surface area contributed by atoms with E-state index in [2.05, 4.69) is 38.7 Å². The summed E-state index contributed by atoms with van der Waals surface area (Å²) in [6.45, 7) is 2.13. The van der Waals surface area contributed by atoms with Gasteiger partial charge in [0.25, 0.3) is 0 Å². The number of aromatic nitrogens is 3. The molecule has 0 spiro atoms. The first-order chi connectivity index (χ1) is 13.5. The molecule has 7 heteroatoms. The van der Waals surface area contributed by atoms with Crippen LogP contribution in [0.4, 0.5) is 0 Å². The Kier molecular flexibility index (Phi) is 6.99. The van der Waals surface area contributed by atoms with E-state index < -0.39 is 0 Å². The van der Waals surface area contributed by atoms with Crippen molar-refractivity contribution < 1.29 is 4.74 Å². The van der Waals surface area contributed by atoms with Gasteiger partial charge in [-0.3, -0.25) is 9.47 Å². The van der Waals surface area contributed by atoms with Crippen LogP contribution in [0.25, 0.3) is 5.69 Å². The summed E-state index contributed by atoms with van der Waals surface area (Å²) in [7, 11) is 5.77. The van der Waals surface area contributed by atoms with E-state index in [1.165, 1.54) is 5.56 Å². The normalized spacial score (nSPS) is 12.4. The summed E-state index contributed by atoms with van der Waals surface area (Å²) in [5, 5.41) is 10.6. The summed E-state index contributed by atoms with van der Waals surface area (Å²) in [4.78, 5) is 2.13. The van der Waals surface area contributed by atoms with Gasteiger partial charge in [0.1, 0.15) is 5.75 Å². The van der Waals surface area contributed by atoms with E-state index in [0.29, 0.717) is 5.02 Å². The molecule has 0 aliphatic rings. The molecule has 1 atom stereocenters. The molecule has 148 valence electrons. The van der Waals surface area contributed by atoms with Gasteiger partial charge in [0, 0.05) is 16.5 Å². The highest BCUT2D eigenvalue weighted by atomic mass is 35.5. The number of nitrogens with zero attached hydrogens (tertiary/aromatic N) is 4. The van der Waals surface area contributed by atoms with Crippen molar-refractivity contribution in [1.29, 1.82) is 0 Å². The van der Waals surface area contributed by atoms with Crippen LogP contribution in [0.1, 0.15) is 24.4 Å². The van der Waals surface area contributed by atoms with Crippen LogP contribution in [0.15, 0.2) is 53.7 Å². The van der Waals surface area contributed by atoms with Gasteiger partial charge in [-0.2, -0.15) is 0 Å². The molecule has 0 aliphatic carbocycles. The maximum atomic E-state index is 6.08. The largest absolute Gasteiger partial charge is 0.497 e. The third-order valence-corrected chi connectivity index (χ3v) is 5.86. The van der Waals surface area contributed by atoms with Gasteiger partial charge >= 0.3 is 0 Å². The van der Waals surface area contributed by atoms with Crippen molar-refractivity contribution in [1.82, 2.24) is 19.7 Å². The van der Waals surface area contributed by atoms with Crippen molar-refractivity contribution in [2.45, 2.75) is 24.5 Å². The summed E-state index contributed by atoms with van der Waals surface area (Å²) in [6.07, 6.45) is 0.945. The van der Waals surface area contributed by atoms with Crippen LogP contribution in [-0.2, 0) is 6.42 Å². The molecule has 3 aromatic rings. The standard InChI is InChI=1S/C21H25ClN4OS/c1-15(25(2)3)20-23-24-21(26(20)18-9-7-17(22)8-10-18)28-14-13-16-5-11-19(27-4)12-6-16/h5-12,15H,13-14H2,1-4H3/t15-/m1/s1. The molecule has 5 nitrogen and oxygen atoms in total. The first-order valence-electron chi connectivity index (χ1n) is 9.13. The Bertz CT molecular complexity index is 894. The third-order valence-electron chi connectivity index (χ3n) is 4.67. The first kappa shape index (κ1) is 20.7. The molecule has 28 heavy (non-hydrogen) atoms. The van der Waals surface area contributed by atoms with Crippen molar-refractivity contribution in [2.75, 3.05) is 27.0 Å². The average molecular weight is 417 g/mol. The fourth-order valence-electron chi connectivity index (χ4n) is 2.76. The number of hydrogen-bond acceptors (Lipinski definition) is 5. The van der Waals surface area contributed by atoms with Gasteiger partial charge in [0.15, 0.2) is 11.0 Å². The molecule has 2 aromatic carbocycles. The Morgan fingerprint density at radius 1 is 1.07 bits per heavy atom. The van der Waals surface area contributed by atoms with Crippen molar-refractivity contribution in [3.63, 3.8) is 0 Å². The zero-order valence-corrected chi connectivity index (χ0v) is 18.2. The van der Waals surface area contributed by atoms with Crippen molar-refractivity contribution in [3.05, 3.63) is 64.9 Å². The zero-order valence-electron chi connectivity index (χ0n) is 16.6. The molecule has 0 unspecified atom stereocenters. The fourth-order valence-corrected chi connectivity index (χ4v) is 3.83. The molecule has 0 bridgehead atoms. The summed E-state index contributed by atoms with van der Waals surface area (Å²) in [5.74, 6) is 2.70. The quantitative estimate of drug-likeness (QED) is 0.489. The second-order valence-electron chi connectivity index (χ2n) is 6.74. The number of halogens is 1. The lowest BCUT2D eigenvalue weighted by molar-refractivity contribution is 0.305. The second kappa shape index (κ2) is 9.45. The number of ether oxygens (including phenoxy) is 1. The van der Waals surface area contributed by atoms with Crippen LogP contribution in [0.5, 0.6) is 5.75 Å². The van der Waals surface area contributed by atoms with Crippen LogP contribution in [0, 0.1) is 0 Å². The Morgan fingerprint density at radius 3 is 2.36 bits per heavy atom. The lowest BCUT2D eigenvalue weighted by Crippen LogP contribution is -2.20. The topological polar surface area (TPSA) is 43.2 Å². The number of hydrogen-bond donors (Lipinski definition) is 0. The molecule has 0 radical (unpaired) electrons. The molecule has 1 heterocycles. The predicted octanol–water partition coefficient (Wildman–Crippen LogP) is 4.89. The maximum absolute atomic E-state index is 6.08. The first-order valence-corrected chi connectivity index (χ1v) is 10.5. The monoisotopic (exact) mass is 416 g/mol. The van der Waals surface area contributed by atoms with E-state index in [1.807, 2.05) is 50.5 Å². The lowest BCUT2D eigenvalue weighted by atomic mass is 10.2. The highest BCUT2D eigenvalue weighted by Gasteiger charge is 2.20. The van der Waals surface area contributed by atoms with Gasteiger partial charge in [0.2, 0.25) is 0 Å². The van der Waals surface area contributed by atoms with E-state index in [1.54, 1.807) is 18.9 Å². The molecule has 0 saturated heterocycles. The summed E-state index contributed by atoms with van der Waals surface area (Å²) < 4.78 is 7.34. The Morgan fingerprint density at radius 2 is 1.75 bits per heavy atom. The number of methoxy groups -OCH3 is 1. The highest BCUT2D eigenvalue weighted by molar-refractivity contribution is 7.99. The second-order valence-corrected chi connectivity index (χ2v) is 8.24. The third kappa shape index (κ3) is 4.87. The molecular weight excluding hydrogens is 392 g/mol. The van der Waals surface area contributed by atoms with Gasteiger partial charge in [-0.15, -0.1) is 10.2 Å². The molecule has 0 N–H and O–H groups in total. The molecule has 0 fully saturated rings. The van der Waals surface area contributed by atoms with Gasteiger partial charge < -0.3 is 4.74 Å². The predicted molar refractivity (Wildman–Crippen MR) is 116 cm³/mol. The number of rotatable bonds is 8. The van der Waals surface area contributed by atoms with Gasteiger partial charge in [-0.25, -0.2) is 0 Å². The van der Waals surface area contributed by atoms with Crippen molar-refractivity contribution in [2.24, 2.45) is 0 Å². The molecule has 0 aliphatic heterocycles. The van der Waals surface area contributed by atoms with E-state index in [9.17, 15) is 0 Å². The maximum Gasteiger partial charge on any atom is 0.195 e. The van der Waals surface area contributed by atoms with Gasteiger partial charge in [0.05, 0.1) is 13.2 Å². The van der Waals surface area contributed by atoms with Gasteiger partial charge in [-0.1, -0.05) is 35.5 Å². The van der Waals surface area contributed by atoms with Crippen LogP contribution < -0.4 is 4.74 Å². The van der Waals surface area contributed by atoms with Crippen LogP contribution >= 0.6 is 23.4 Å². The SMILES string of the molecule is COc1ccc(CCSc2nnc([C@@H](C)N(C)C)n2-c2ccc(Cl)cc2)cc1. The number of thioether (sulfide) groups is 1. The van der Waals surface area contributed by atoms with E-state index in [0.717, 1.165) is 34.6 Å². The van der Waals surface area contributed by atoms with E-state index in [4.69, 9.17) is 16.3 Å².